The molecule has 2 rings (SSSR count). The lowest BCUT2D eigenvalue weighted by atomic mass is 10.0. The Bertz CT molecular complexity index is 474. The second-order valence-electron chi connectivity index (χ2n) is 5.46. The van der Waals surface area contributed by atoms with E-state index in [1.165, 1.54) is 36.8 Å². The van der Waals surface area contributed by atoms with Crippen LogP contribution >= 0.6 is 0 Å². The van der Waals surface area contributed by atoms with Crippen LogP contribution in [0.3, 0.4) is 0 Å². The predicted molar refractivity (Wildman–Crippen MR) is 79.9 cm³/mol. The van der Waals surface area contributed by atoms with Gasteiger partial charge in [-0.15, -0.1) is 0 Å². The van der Waals surface area contributed by atoms with Gasteiger partial charge in [0.05, 0.1) is 0 Å². The van der Waals surface area contributed by atoms with E-state index in [2.05, 4.69) is 48.1 Å². The third kappa shape index (κ3) is 4.47. The molecule has 0 amide bonds. The zero-order valence-electron chi connectivity index (χ0n) is 11.8. The first-order valence-corrected chi connectivity index (χ1v) is 7.10. The summed E-state index contributed by atoms with van der Waals surface area (Å²) in [6.07, 6.45) is 10.4. The Labute approximate surface area is 115 Å². The number of aryl methyl sites for hydroxylation is 1. The lowest BCUT2D eigenvalue weighted by molar-refractivity contribution is 0.538. The minimum atomic E-state index is 0.820. The van der Waals surface area contributed by atoms with E-state index in [9.17, 15) is 0 Å². The van der Waals surface area contributed by atoms with Crippen LogP contribution in [0.2, 0.25) is 0 Å². The molecular weight excluding hydrogens is 232 g/mol. The van der Waals surface area contributed by atoms with E-state index in [-0.39, 0.29) is 0 Å². The molecule has 0 bridgehead atoms. The van der Waals surface area contributed by atoms with Crippen LogP contribution in [0.25, 0.3) is 11.1 Å². The van der Waals surface area contributed by atoms with E-state index in [1.54, 1.807) is 6.33 Å². The largest absolute Gasteiger partial charge is 0.244 e. The van der Waals surface area contributed by atoms with Gasteiger partial charge in [0.25, 0.3) is 0 Å². The lowest BCUT2D eigenvalue weighted by Gasteiger charge is -2.06. The third-order valence-corrected chi connectivity index (χ3v) is 3.34. The zero-order valence-corrected chi connectivity index (χ0v) is 11.8. The van der Waals surface area contributed by atoms with Crippen LogP contribution in [0.4, 0.5) is 0 Å². The van der Waals surface area contributed by atoms with Gasteiger partial charge in [-0.1, -0.05) is 51.0 Å². The molecule has 0 spiro atoms. The van der Waals surface area contributed by atoms with E-state index < -0.39 is 0 Å². The van der Waals surface area contributed by atoms with E-state index in [4.69, 9.17) is 0 Å². The van der Waals surface area contributed by atoms with Crippen molar-refractivity contribution in [3.05, 3.63) is 48.5 Å². The second kappa shape index (κ2) is 7.03. The first-order valence-electron chi connectivity index (χ1n) is 7.10. The van der Waals surface area contributed by atoms with Gasteiger partial charge in [-0.05, 0) is 29.9 Å². The summed E-state index contributed by atoms with van der Waals surface area (Å²) < 4.78 is 0. The Morgan fingerprint density at radius 2 is 1.58 bits per heavy atom. The van der Waals surface area contributed by atoms with E-state index in [0.29, 0.717) is 0 Å². The van der Waals surface area contributed by atoms with Gasteiger partial charge in [0.2, 0.25) is 0 Å². The standard InChI is InChI=1S/C17H22N2/c1-14(2)5-3-4-6-15-7-9-16(10-8-15)17-11-18-13-19-12-17/h7-14H,3-6H2,1-2H3. The summed E-state index contributed by atoms with van der Waals surface area (Å²) in [5.74, 6) is 0.820. The van der Waals surface area contributed by atoms with Crippen LogP contribution in [-0.2, 0) is 6.42 Å². The number of benzene rings is 1. The summed E-state index contributed by atoms with van der Waals surface area (Å²) in [6.45, 7) is 4.58. The number of aromatic nitrogens is 2. The maximum absolute atomic E-state index is 4.05. The first-order chi connectivity index (χ1) is 9.25. The SMILES string of the molecule is CC(C)CCCCc1ccc(-c2cncnc2)cc1. The summed E-state index contributed by atoms with van der Waals surface area (Å²) in [5, 5.41) is 0. The molecule has 1 aromatic carbocycles. The molecule has 1 aromatic heterocycles. The highest BCUT2D eigenvalue weighted by molar-refractivity contribution is 5.61. The molecule has 0 saturated heterocycles. The van der Waals surface area contributed by atoms with E-state index in [1.807, 2.05) is 12.4 Å². The van der Waals surface area contributed by atoms with Gasteiger partial charge in [0, 0.05) is 18.0 Å². The molecule has 2 nitrogen and oxygen atoms in total. The number of hydrogen-bond donors (Lipinski definition) is 0. The number of rotatable bonds is 6. The molecule has 19 heavy (non-hydrogen) atoms. The minimum Gasteiger partial charge on any atom is -0.244 e. The van der Waals surface area contributed by atoms with Crippen molar-refractivity contribution >= 4 is 0 Å². The smallest absolute Gasteiger partial charge is 0.115 e. The maximum Gasteiger partial charge on any atom is 0.115 e. The molecule has 0 aliphatic carbocycles. The fourth-order valence-electron chi connectivity index (χ4n) is 2.19. The van der Waals surface area contributed by atoms with Crippen molar-refractivity contribution in [1.29, 1.82) is 0 Å². The van der Waals surface area contributed by atoms with Gasteiger partial charge < -0.3 is 0 Å². The Morgan fingerprint density at radius 3 is 2.21 bits per heavy atom. The Hall–Kier alpha value is -1.70. The Morgan fingerprint density at radius 1 is 0.895 bits per heavy atom. The summed E-state index contributed by atoms with van der Waals surface area (Å²) in [4.78, 5) is 8.10. The molecule has 0 radical (unpaired) electrons. The minimum absolute atomic E-state index is 0.820. The number of nitrogens with zero attached hydrogens (tertiary/aromatic N) is 2. The molecule has 0 unspecified atom stereocenters. The quantitative estimate of drug-likeness (QED) is 0.709. The monoisotopic (exact) mass is 254 g/mol. The van der Waals surface area contributed by atoms with Crippen LogP contribution in [0, 0.1) is 5.92 Å². The Balaban J connectivity index is 1.88. The molecule has 100 valence electrons. The molecule has 0 saturated carbocycles. The highest BCUT2D eigenvalue weighted by atomic mass is 14.8. The Kier molecular flexibility index (Phi) is 5.08. The van der Waals surface area contributed by atoms with Crippen LogP contribution in [-0.4, -0.2) is 9.97 Å². The number of unbranched alkanes of at least 4 members (excludes halogenated alkanes) is 1. The lowest BCUT2D eigenvalue weighted by Crippen LogP contribution is -1.90. The van der Waals surface area contributed by atoms with Crippen molar-refractivity contribution in [1.82, 2.24) is 9.97 Å². The zero-order chi connectivity index (χ0) is 13.5. The van der Waals surface area contributed by atoms with Crippen molar-refractivity contribution in [2.45, 2.75) is 39.5 Å². The first kappa shape index (κ1) is 13.7. The summed E-state index contributed by atoms with van der Waals surface area (Å²) in [5.41, 5.74) is 3.68. The molecule has 2 heteroatoms. The molecular formula is C17H22N2. The van der Waals surface area contributed by atoms with E-state index >= 15 is 0 Å². The van der Waals surface area contributed by atoms with Crippen molar-refractivity contribution in [3.63, 3.8) is 0 Å². The van der Waals surface area contributed by atoms with Crippen molar-refractivity contribution in [2.24, 2.45) is 5.92 Å². The predicted octanol–water partition coefficient (Wildman–Crippen LogP) is 4.51. The average molecular weight is 254 g/mol. The van der Waals surface area contributed by atoms with Gasteiger partial charge in [-0.25, -0.2) is 9.97 Å². The fourth-order valence-corrected chi connectivity index (χ4v) is 2.19. The van der Waals surface area contributed by atoms with Gasteiger partial charge in [-0.2, -0.15) is 0 Å². The van der Waals surface area contributed by atoms with Crippen LogP contribution in [0.1, 0.15) is 38.7 Å². The third-order valence-electron chi connectivity index (χ3n) is 3.34. The van der Waals surface area contributed by atoms with Gasteiger partial charge in [0.15, 0.2) is 0 Å². The van der Waals surface area contributed by atoms with E-state index in [0.717, 1.165) is 11.5 Å². The molecule has 0 N–H and O–H groups in total. The van der Waals surface area contributed by atoms with Crippen molar-refractivity contribution < 1.29 is 0 Å². The second-order valence-corrected chi connectivity index (χ2v) is 5.46. The van der Waals surface area contributed by atoms with Crippen LogP contribution in [0.15, 0.2) is 43.0 Å². The molecule has 0 fully saturated rings. The summed E-state index contributed by atoms with van der Waals surface area (Å²) >= 11 is 0. The van der Waals surface area contributed by atoms with Crippen molar-refractivity contribution in [2.75, 3.05) is 0 Å². The molecule has 0 atom stereocenters. The average Bonchev–Trinajstić information content (AvgIpc) is 2.45. The highest BCUT2D eigenvalue weighted by Gasteiger charge is 1.99. The van der Waals surface area contributed by atoms with Gasteiger partial charge in [0.1, 0.15) is 6.33 Å². The molecule has 0 aliphatic heterocycles. The summed E-state index contributed by atoms with van der Waals surface area (Å²) in [6, 6.07) is 8.77. The van der Waals surface area contributed by atoms with Crippen LogP contribution in [0.5, 0.6) is 0 Å². The van der Waals surface area contributed by atoms with Crippen molar-refractivity contribution in [3.8, 4) is 11.1 Å². The normalized spacial score (nSPS) is 10.9. The number of hydrogen-bond acceptors (Lipinski definition) is 2. The fraction of sp³-hybridized carbons (Fsp3) is 0.412. The summed E-state index contributed by atoms with van der Waals surface area (Å²) in [7, 11) is 0. The topological polar surface area (TPSA) is 25.8 Å². The van der Waals surface area contributed by atoms with Gasteiger partial charge >= 0.3 is 0 Å². The molecule has 0 aliphatic rings. The highest BCUT2D eigenvalue weighted by Crippen LogP contribution is 2.18. The maximum atomic E-state index is 4.05. The van der Waals surface area contributed by atoms with Crippen LogP contribution < -0.4 is 0 Å². The molecule has 1 heterocycles. The molecule has 2 aromatic rings. The van der Waals surface area contributed by atoms with Gasteiger partial charge in [-0.3, -0.25) is 0 Å².